The molecule has 0 amide bonds. The van der Waals surface area contributed by atoms with Crippen LogP contribution in [0.25, 0.3) is 22.6 Å². The van der Waals surface area contributed by atoms with Gasteiger partial charge in [0.2, 0.25) is 5.56 Å². The fraction of sp³-hybridized carbons (Fsp3) is 0. The molecular weight excluding hydrogens is 206 g/mol. The van der Waals surface area contributed by atoms with Crippen LogP contribution in [-0.2, 0) is 0 Å². The van der Waals surface area contributed by atoms with Gasteiger partial charge in [-0.05, 0) is 12.1 Å². The number of nitrogens with zero attached hydrogens (tertiary/aromatic N) is 3. The molecule has 3 heterocycles. The molecule has 3 aromatic rings. The Morgan fingerprint density at radius 3 is 2.94 bits per heavy atom. The molecule has 78 valence electrons. The van der Waals surface area contributed by atoms with Crippen LogP contribution >= 0.6 is 0 Å². The first-order valence-electron chi connectivity index (χ1n) is 4.69. The second-order valence-corrected chi connectivity index (χ2v) is 3.29. The molecule has 0 aliphatic carbocycles. The van der Waals surface area contributed by atoms with Gasteiger partial charge < -0.3 is 4.98 Å². The number of hydrogen-bond acceptors (Lipinski definition) is 4. The second kappa shape index (κ2) is 3.27. The van der Waals surface area contributed by atoms with Gasteiger partial charge >= 0.3 is 0 Å². The predicted molar refractivity (Wildman–Crippen MR) is 57.7 cm³/mol. The van der Waals surface area contributed by atoms with Gasteiger partial charge in [-0.25, -0.2) is 9.97 Å². The van der Waals surface area contributed by atoms with E-state index in [0.717, 1.165) is 5.39 Å². The molecule has 0 atom stereocenters. The summed E-state index contributed by atoms with van der Waals surface area (Å²) in [5.74, 6) is 0.506. The van der Waals surface area contributed by atoms with Crippen molar-refractivity contribution in [2.75, 3.05) is 0 Å². The number of nitrogens with one attached hydrogen (secondary N) is 2. The minimum absolute atomic E-state index is 0.179. The van der Waals surface area contributed by atoms with Gasteiger partial charge in [0.1, 0.15) is 11.3 Å². The molecule has 6 heteroatoms. The van der Waals surface area contributed by atoms with Crippen molar-refractivity contribution in [3.63, 3.8) is 0 Å². The van der Waals surface area contributed by atoms with Crippen molar-refractivity contribution >= 4 is 11.0 Å². The molecular formula is C10H7N5O. The minimum Gasteiger partial charge on any atom is -0.306 e. The second-order valence-electron chi connectivity index (χ2n) is 3.29. The van der Waals surface area contributed by atoms with Gasteiger partial charge in [-0.2, -0.15) is 5.10 Å². The maximum absolute atomic E-state index is 11.1. The lowest BCUT2D eigenvalue weighted by Gasteiger charge is -1.98. The number of H-pyrrole nitrogens is 2. The van der Waals surface area contributed by atoms with E-state index in [2.05, 4.69) is 25.1 Å². The Bertz CT molecular complexity index is 686. The molecule has 3 aromatic heterocycles. The zero-order chi connectivity index (χ0) is 11.0. The fourth-order valence-electron chi connectivity index (χ4n) is 1.45. The molecule has 0 spiro atoms. The summed E-state index contributed by atoms with van der Waals surface area (Å²) in [5, 5.41) is 7.38. The first-order chi connectivity index (χ1) is 7.83. The Kier molecular flexibility index (Phi) is 1.79. The molecule has 0 aliphatic heterocycles. The Morgan fingerprint density at radius 1 is 1.19 bits per heavy atom. The highest BCUT2D eigenvalue weighted by molar-refractivity contribution is 5.74. The smallest absolute Gasteiger partial charge is 0.249 e. The van der Waals surface area contributed by atoms with Crippen molar-refractivity contribution in [2.45, 2.75) is 0 Å². The number of fused-ring (bicyclic) bond motifs is 1. The number of aromatic amines is 2. The molecule has 6 nitrogen and oxygen atoms in total. The van der Waals surface area contributed by atoms with E-state index < -0.39 is 0 Å². The molecule has 0 aliphatic rings. The minimum atomic E-state index is -0.179. The summed E-state index contributed by atoms with van der Waals surface area (Å²) in [7, 11) is 0. The molecule has 0 aromatic carbocycles. The number of pyridine rings is 1. The molecule has 0 radical (unpaired) electrons. The summed E-state index contributed by atoms with van der Waals surface area (Å²) in [4.78, 5) is 22.2. The van der Waals surface area contributed by atoms with E-state index in [9.17, 15) is 4.79 Å². The lowest BCUT2D eigenvalue weighted by molar-refractivity contribution is 1.07. The summed E-state index contributed by atoms with van der Waals surface area (Å²) < 4.78 is 0. The fourth-order valence-corrected chi connectivity index (χ4v) is 1.45. The highest BCUT2D eigenvalue weighted by Crippen LogP contribution is 2.12. The Morgan fingerprint density at radius 2 is 2.12 bits per heavy atom. The number of aromatic nitrogens is 5. The van der Waals surface area contributed by atoms with E-state index in [-0.39, 0.29) is 5.56 Å². The normalized spacial score (nSPS) is 10.8. The lowest BCUT2D eigenvalue weighted by atomic mass is 10.3. The van der Waals surface area contributed by atoms with E-state index in [1.54, 1.807) is 24.5 Å². The van der Waals surface area contributed by atoms with Gasteiger partial charge in [0.05, 0.1) is 0 Å². The van der Waals surface area contributed by atoms with Crippen LogP contribution in [-0.4, -0.2) is 25.1 Å². The predicted octanol–water partition coefficient (Wildman–Crippen LogP) is 0.708. The number of hydrogen-bond donors (Lipinski definition) is 2. The van der Waals surface area contributed by atoms with Gasteiger partial charge in [-0.15, -0.1) is 0 Å². The molecule has 2 N–H and O–H groups in total. The van der Waals surface area contributed by atoms with Gasteiger partial charge in [-0.3, -0.25) is 9.89 Å². The summed E-state index contributed by atoms with van der Waals surface area (Å²) in [5.41, 5.74) is 1.06. The third-order valence-corrected chi connectivity index (χ3v) is 2.21. The van der Waals surface area contributed by atoms with E-state index in [1.165, 1.54) is 6.07 Å². The first-order valence-corrected chi connectivity index (χ1v) is 4.69. The first kappa shape index (κ1) is 8.78. The van der Waals surface area contributed by atoms with Crippen molar-refractivity contribution in [3.05, 3.63) is 40.9 Å². The van der Waals surface area contributed by atoms with Gasteiger partial charge in [0.15, 0.2) is 5.82 Å². The van der Waals surface area contributed by atoms with Crippen molar-refractivity contribution in [2.24, 2.45) is 0 Å². The maximum atomic E-state index is 11.1. The summed E-state index contributed by atoms with van der Waals surface area (Å²) >= 11 is 0. The zero-order valence-electron chi connectivity index (χ0n) is 8.14. The van der Waals surface area contributed by atoms with Crippen molar-refractivity contribution in [3.8, 4) is 11.5 Å². The van der Waals surface area contributed by atoms with Crippen molar-refractivity contribution in [1.82, 2.24) is 25.1 Å². The summed E-state index contributed by atoms with van der Waals surface area (Å²) in [6, 6.07) is 4.90. The van der Waals surface area contributed by atoms with Gasteiger partial charge in [-0.1, -0.05) is 0 Å². The number of rotatable bonds is 1. The van der Waals surface area contributed by atoms with Crippen molar-refractivity contribution < 1.29 is 0 Å². The monoisotopic (exact) mass is 213 g/mol. The lowest BCUT2D eigenvalue weighted by Crippen LogP contribution is -2.04. The van der Waals surface area contributed by atoms with Crippen LogP contribution in [0.4, 0.5) is 0 Å². The van der Waals surface area contributed by atoms with Gasteiger partial charge in [0.25, 0.3) is 0 Å². The van der Waals surface area contributed by atoms with Crippen LogP contribution in [0.2, 0.25) is 0 Å². The van der Waals surface area contributed by atoms with E-state index >= 15 is 0 Å². The van der Waals surface area contributed by atoms with Crippen LogP contribution in [0, 0.1) is 0 Å². The third-order valence-electron chi connectivity index (χ3n) is 2.21. The van der Waals surface area contributed by atoms with Gasteiger partial charge in [0, 0.05) is 23.8 Å². The van der Waals surface area contributed by atoms with Crippen LogP contribution in [0.1, 0.15) is 0 Å². The quantitative estimate of drug-likeness (QED) is 0.623. The van der Waals surface area contributed by atoms with E-state index in [0.29, 0.717) is 17.2 Å². The topological polar surface area (TPSA) is 87.3 Å². The third kappa shape index (κ3) is 1.36. The zero-order valence-corrected chi connectivity index (χ0v) is 8.14. The standard InChI is InChI=1S/C10H7N5O/c16-8-2-1-6-5-11-10(14-9(6)13-8)7-3-4-12-15-7/h1-5H,(H,12,15)(H,11,13,14,16). The molecule has 0 saturated carbocycles. The maximum Gasteiger partial charge on any atom is 0.249 e. The Balaban J connectivity index is 2.26. The van der Waals surface area contributed by atoms with Crippen LogP contribution in [0.5, 0.6) is 0 Å². The molecule has 0 saturated heterocycles. The molecule has 3 rings (SSSR count). The highest BCUT2D eigenvalue weighted by Gasteiger charge is 2.04. The Labute approximate surface area is 89.4 Å². The van der Waals surface area contributed by atoms with Crippen LogP contribution in [0.3, 0.4) is 0 Å². The SMILES string of the molecule is O=c1ccc2cnc(-c3ccn[nH]3)nc2[nH]1. The van der Waals surface area contributed by atoms with E-state index in [1.807, 2.05) is 0 Å². The Hall–Kier alpha value is -2.50. The molecule has 0 bridgehead atoms. The average Bonchev–Trinajstić information content (AvgIpc) is 2.81. The van der Waals surface area contributed by atoms with E-state index in [4.69, 9.17) is 0 Å². The van der Waals surface area contributed by atoms with Crippen LogP contribution < -0.4 is 5.56 Å². The summed E-state index contributed by atoms with van der Waals surface area (Å²) in [6.45, 7) is 0. The molecule has 16 heavy (non-hydrogen) atoms. The molecule has 0 unspecified atom stereocenters. The summed E-state index contributed by atoms with van der Waals surface area (Å²) in [6.07, 6.45) is 3.28. The van der Waals surface area contributed by atoms with Crippen molar-refractivity contribution in [1.29, 1.82) is 0 Å². The highest BCUT2D eigenvalue weighted by atomic mass is 16.1. The molecule has 0 fully saturated rings. The average molecular weight is 213 g/mol. The largest absolute Gasteiger partial charge is 0.306 e. The van der Waals surface area contributed by atoms with Crippen LogP contribution in [0.15, 0.2) is 35.4 Å².